The minimum atomic E-state index is -1.21. The molecule has 0 aliphatic carbocycles. The van der Waals surface area contributed by atoms with Gasteiger partial charge in [0, 0.05) is 0 Å². The highest BCUT2D eigenvalue weighted by Crippen LogP contribution is 2.35. The van der Waals surface area contributed by atoms with Crippen molar-refractivity contribution in [3.63, 3.8) is 0 Å². The highest BCUT2D eigenvalue weighted by molar-refractivity contribution is 6.47. The number of amides is 3. The van der Waals surface area contributed by atoms with E-state index >= 15 is 0 Å². The van der Waals surface area contributed by atoms with Crippen molar-refractivity contribution in [3.8, 4) is 11.5 Å². The van der Waals surface area contributed by atoms with Crippen LogP contribution in [-0.4, -0.2) is 51.8 Å². The molecule has 1 saturated heterocycles. The number of nitrogens with one attached hydrogen (secondary N) is 2. The second-order valence-electron chi connectivity index (χ2n) is 4.32. The van der Waals surface area contributed by atoms with Crippen molar-refractivity contribution >= 4 is 35.1 Å². The van der Waals surface area contributed by atoms with Crippen molar-refractivity contribution in [2.24, 2.45) is 0 Å². The van der Waals surface area contributed by atoms with E-state index in [1.807, 2.05) is 5.43 Å². The molecule has 10 heteroatoms. The molecule has 1 fully saturated rings. The lowest BCUT2D eigenvalue weighted by molar-refractivity contribution is -0.146. The van der Waals surface area contributed by atoms with E-state index in [0.29, 0.717) is 5.01 Å². The molecular formula is C12H10ClN3O6. The van der Waals surface area contributed by atoms with Gasteiger partial charge in [-0.1, -0.05) is 11.6 Å². The molecule has 1 aromatic carbocycles. The van der Waals surface area contributed by atoms with Crippen LogP contribution < -0.4 is 10.7 Å². The normalized spacial score (nSPS) is 14.5. The van der Waals surface area contributed by atoms with Crippen LogP contribution in [0.1, 0.15) is 10.4 Å². The molecule has 9 nitrogen and oxygen atoms in total. The summed E-state index contributed by atoms with van der Waals surface area (Å²) in [6.45, 7) is -0.722. The number of Topliss-reactive ketones (excluding diaryl/α,β-unsaturated/α-hetero) is 1. The van der Waals surface area contributed by atoms with Gasteiger partial charge in [0.25, 0.3) is 11.7 Å². The first-order valence-electron chi connectivity index (χ1n) is 5.94. The fourth-order valence-electron chi connectivity index (χ4n) is 1.68. The zero-order valence-corrected chi connectivity index (χ0v) is 11.7. The van der Waals surface area contributed by atoms with Crippen LogP contribution in [0, 0.1) is 0 Å². The number of aromatic hydroxyl groups is 2. The molecule has 116 valence electrons. The van der Waals surface area contributed by atoms with E-state index < -0.39 is 46.6 Å². The quantitative estimate of drug-likeness (QED) is 0.317. The Morgan fingerprint density at radius 2 is 1.95 bits per heavy atom. The Kier molecular flexibility index (Phi) is 4.18. The molecule has 2 rings (SSSR count). The van der Waals surface area contributed by atoms with E-state index in [9.17, 15) is 29.4 Å². The summed E-state index contributed by atoms with van der Waals surface area (Å²) >= 11 is 5.68. The van der Waals surface area contributed by atoms with Crippen LogP contribution in [-0.2, 0) is 14.4 Å². The van der Waals surface area contributed by atoms with Gasteiger partial charge in [-0.2, -0.15) is 0 Å². The number of rotatable bonds is 3. The van der Waals surface area contributed by atoms with Crippen molar-refractivity contribution in [1.82, 2.24) is 15.8 Å². The molecule has 3 amide bonds. The Hall–Kier alpha value is -2.81. The summed E-state index contributed by atoms with van der Waals surface area (Å²) in [5, 5.41) is 21.1. The zero-order valence-electron chi connectivity index (χ0n) is 10.9. The topological polar surface area (TPSA) is 136 Å². The molecule has 1 heterocycles. The highest BCUT2D eigenvalue weighted by Gasteiger charge is 2.28. The second-order valence-corrected chi connectivity index (χ2v) is 4.70. The highest BCUT2D eigenvalue weighted by atomic mass is 35.5. The first-order chi connectivity index (χ1) is 10.3. The summed E-state index contributed by atoms with van der Waals surface area (Å²) in [5.74, 6) is -4.74. The number of carbonyl (C=O) groups is 4. The van der Waals surface area contributed by atoms with Gasteiger partial charge >= 0.3 is 5.91 Å². The van der Waals surface area contributed by atoms with Gasteiger partial charge < -0.3 is 15.5 Å². The Labute approximate surface area is 128 Å². The van der Waals surface area contributed by atoms with Crippen LogP contribution in [0.3, 0.4) is 0 Å². The maximum Gasteiger partial charge on any atom is 0.311 e. The third-order valence-electron chi connectivity index (χ3n) is 2.82. The summed E-state index contributed by atoms with van der Waals surface area (Å²) < 4.78 is 0. The van der Waals surface area contributed by atoms with E-state index in [1.165, 1.54) is 0 Å². The van der Waals surface area contributed by atoms with Gasteiger partial charge in [-0.15, -0.1) is 0 Å². The van der Waals surface area contributed by atoms with Crippen LogP contribution >= 0.6 is 11.6 Å². The molecule has 0 spiro atoms. The number of phenols is 2. The number of hydrogen-bond acceptors (Lipinski definition) is 6. The largest absolute Gasteiger partial charge is 0.504 e. The summed E-state index contributed by atoms with van der Waals surface area (Å²) in [6, 6.07) is 2.03. The van der Waals surface area contributed by atoms with Crippen molar-refractivity contribution < 1.29 is 29.4 Å². The Morgan fingerprint density at radius 3 is 2.64 bits per heavy atom. The maximum absolute atomic E-state index is 12.0. The minimum absolute atomic E-state index is 0.298. The fraction of sp³-hybridized carbons (Fsp3) is 0.167. The average Bonchev–Trinajstić information content (AvgIpc) is 2.48. The van der Waals surface area contributed by atoms with Crippen LogP contribution in [0.15, 0.2) is 12.1 Å². The van der Waals surface area contributed by atoms with Gasteiger partial charge in [-0.3, -0.25) is 24.6 Å². The van der Waals surface area contributed by atoms with E-state index in [4.69, 9.17) is 11.6 Å². The van der Waals surface area contributed by atoms with E-state index in [1.54, 1.807) is 0 Å². The number of benzene rings is 1. The van der Waals surface area contributed by atoms with Crippen LogP contribution in [0.25, 0.3) is 0 Å². The van der Waals surface area contributed by atoms with Crippen molar-refractivity contribution in [2.75, 3.05) is 13.1 Å². The maximum atomic E-state index is 12.0. The number of carbonyl (C=O) groups excluding carboxylic acids is 4. The first-order valence-corrected chi connectivity index (χ1v) is 6.32. The predicted octanol–water partition coefficient (Wildman–Crippen LogP) is -1.08. The zero-order chi connectivity index (χ0) is 16.4. The third-order valence-corrected chi connectivity index (χ3v) is 3.20. The molecule has 1 aliphatic rings. The average molecular weight is 328 g/mol. The molecule has 22 heavy (non-hydrogen) atoms. The molecule has 1 aromatic rings. The summed E-state index contributed by atoms with van der Waals surface area (Å²) in [7, 11) is 0. The molecule has 4 N–H and O–H groups in total. The lowest BCUT2D eigenvalue weighted by Crippen LogP contribution is -2.59. The Morgan fingerprint density at radius 1 is 1.27 bits per heavy atom. The number of halogens is 1. The van der Waals surface area contributed by atoms with Crippen molar-refractivity contribution in [3.05, 3.63) is 22.7 Å². The first kappa shape index (κ1) is 15.6. The van der Waals surface area contributed by atoms with Crippen LogP contribution in [0.2, 0.25) is 5.02 Å². The second kappa shape index (κ2) is 5.90. The minimum Gasteiger partial charge on any atom is -0.504 e. The summed E-state index contributed by atoms with van der Waals surface area (Å²) in [4.78, 5) is 46.4. The standard InChI is InChI=1S/C12H10ClN3O6/c13-9-5(1-2-6(17)11(9)21)10(20)12(22)15-16-4-7(18)14-3-8(16)19/h1-2,17,21H,3-4H2,(H,14,18)(H,15,22). The van der Waals surface area contributed by atoms with Crippen LogP contribution in [0.5, 0.6) is 11.5 Å². The van der Waals surface area contributed by atoms with Gasteiger partial charge in [0.1, 0.15) is 6.54 Å². The van der Waals surface area contributed by atoms with Crippen molar-refractivity contribution in [1.29, 1.82) is 0 Å². The molecule has 0 radical (unpaired) electrons. The SMILES string of the molecule is O=C1CN(NC(=O)C(=O)c2ccc(O)c(O)c2Cl)C(=O)CN1. The monoisotopic (exact) mass is 327 g/mol. The molecule has 0 bridgehead atoms. The number of hydrogen-bond donors (Lipinski definition) is 4. The molecule has 0 aromatic heterocycles. The van der Waals surface area contributed by atoms with E-state index in [0.717, 1.165) is 12.1 Å². The Balaban J connectivity index is 2.16. The molecule has 0 atom stereocenters. The van der Waals surface area contributed by atoms with E-state index in [2.05, 4.69) is 5.32 Å². The van der Waals surface area contributed by atoms with Crippen LogP contribution in [0.4, 0.5) is 0 Å². The van der Waals surface area contributed by atoms with Gasteiger partial charge in [0.15, 0.2) is 11.5 Å². The molecule has 1 aliphatic heterocycles. The number of nitrogens with zero attached hydrogens (tertiary/aromatic N) is 1. The predicted molar refractivity (Wildman–Crippen MR) is 72.0 cm³/mol. The molecule has 0 saturated carbocycles. The smallest absolute Gasteiger partial charge is 0.311 e. The number of phenolic OH excluding ortho intramolecular Hbond substituents is 2. The van der Waals surface area contributed by atoms with Gasteiger partial charge in [0.05, 0.1) is 17.1 Å². The molecule has 0 unspecified atom stereocenters. The number of ketones is 1. The summed E-state index contributed by atoms with van der Waals surface area (Å²) in [5.41, 5.74) is 1.63. The fourth-order valence-corrected chi connectivity index (χ4v) is 1.93. The lowest BCUT2D eigenvalue weighted by atomic mass is 10.1. The van der Waals surface area contributed by atoms with Gasteiger partial charge in [0.2, 0.25) is 5.91 Å². The van der Waals surface area contributed by atoms with Gasteiger partial charge in [-0.05, 0) is 12.1 Å². The molecular weight excluding hydrogens is 318 g/mol. The van der Waals surface area contributed by atoms with Gasteiger partial charge in [-0.25, -0.2) is 5.01 Å². The Bertz CT molecular complexity index is 690. The van der Waals surface area contributed by atoms with Crippen molar-refractivity contribution in [2.45, 2.75) is 0 Å². The summed E-state index contributed by atoms with van der Waals surface area (Å²) in [6.07, 6.45) is 0. The third kappa shape index (κ3) is 2.93. The number of hydrazine groups is 1. The number of piperazine rings is 1. The lowest BCUT2D eigenvalue weighted by Gasteiger charge is -2.26. The van der Waals surface area contributed by atoms with E-state index in [-0.39, 0.29) is 12.1 Å².